The molecule has 0 atom stereocenters. The molecule has 3 N–H and O–H groups in total. The summed E-state index contributed by atoms with van der Waals surface area (Å²) in [5.74, 6) is -2.43. The van der Waals surface area contributed by atoms with Crippen LogP contribution in [0.5, 0.6) is 5.88 Å². The molecule has 3 rings (SSSR count). The van der Waals surface area contributed by atoms with Crippen LogP contribution in [0.3, 0.4) is 0 Å². The van der Waals surface area contributed by atoms with Crippen molar-refractivity contribution in [2.45, 2.75) is 6.92 Å². The number of aromatic nitrogens is 2. The molecule has 0 aliphatic rings. The number of anilines is 1. The highest BCUT2D eigenvalue weighted by Gasteiger charge is 2.23. The molecule has 8 nitrogen and oxygen atoms in total. The Bertz CT molecular complexity index is 1040. The highest BCUT2D eigenvalue weighted by molar-refractivity contribution is 6.48. The lowest BCUT2D eigenvalue weighted by molar-refractivity contribution is -0.112. The third-order valence-corrected chi connectivity index (χ3v) is 3.87. The first-order valence-electron chi connectivity index (χ1n) is 7.62. The number of H-pyrrole nitrogens is 1. The number of Topliss-reactive ketones (excluding diaryl/α,β-unsaturated/α-hetero) is 1. The average molecular weight is 353 g/mol. The second kappa shape index (κ2) is 6.67. The molecule has 3 aromatic rings. The highest BCUT2D eigenvalue weighted by atomic mass is 16.5. The molecule has 1 amide bonds. The molecular weight excluding hydrogens is 338 g/mol. The number of carbonyl (C=O) groups excluding carboxylic acids is 2. The van der Waals surface area contributed by atoms with Gasteiger partial charge in [-0.1, -0.05) is 0 Å². The van der Waals surface area contributed by atoms with Gasteiger partial charge in [0.05, 0.1) is 18.2 Å². The molecule has 0 saturated heterocycles. The smallest absolute Gasteiger partial charge is 0.335 e. The molecule has 1 aromatic carbocycles. The second-order valence-electron chi connectivity index (χ2n) is 5.56. The number of carboxylic acids is 1. The summed E-state index contributed by atoms with van der Waals surface area (Å²) >= 11 is 0. The van der Waals surface area contributed by atoms with Gasteiger partial charge < -0.3 is 20.1 Å². The Hall–Kier alpha value is -3.68. The lowest BCUT2D eigenvalue weighted by Gasteiger charge is -2.06. The number of hydrogen-bond acceptors (Lipinski definition) is 5. The van der Waals surface area contributed by atoms with E-state index in [4.69, 9.17) is 9.84 Å². The first-order valence-corrected chi connectivity index (χ1v) is 7.62. The van der Waals surface area contributed by atoms with Gasteiger partial charge in [0.2, 0.25) is 5.88 Å². The van der Waals surface area contributed by atoms with Crippen molar-refractivity contribution >= 4 is 34.3 Å². The zero-order valence-electron chi connectivity index (χ0n) is 14.0. The fourth-order valence-electron chi connectivity index (χ4n) is 2.65. The van der Waals surface area contributed by atoms with Gasteiger partial charge in [-0.2, -0.15) is 0 Å². The first-order chi connectivity index (χ1) is 12.4. The normalized spacial score (nSPS) is 10.5. The van der Waals surface area contributed by atoms with E-state index < -0.39 is 17.7 Å². The average Bonchev–Trinajstić information content (AvgIpc) is 2.95. The zero-order valence-corrected chi connectivity index (χ0v) is 14.0. The van der Waals surface area contributed by atoms with Crippen LogP contribution in [-0.2, 0) is 4.79 Å². The largest absolute Gasteiger partial charge is 0.481 e. The number of amides is 1. The van der Waals surface area contributed by atoms with E-state index >= 15 is 0 Å². The highest BCUT2D eigenvalue weighted by Crippen LogP contribution is 2.24. The Kier molecular flexibility index (Phi) is 4.40. The Morgan fingerprint density at radius 2 is 1.96 bits per heavy atom. The molecule has 132 valence electrons. The second-order valence-corrected chi connectivity index (χ2v) is 5.56. The van der Waals surface area contributed by atoms with Crippen molar-refractivity contribution in [2.75, 3.05) is 12.4 Å². The predicted molar refractivity (Wildman–Crippen MR) is 93.7 cm³/mol. The number of pyridine rings is 1. The van der Waals surface area contributed by atoms with Gasteiger partial charge in [0.1, 0.15) is 0 Å². The van der Waals surface area contributed by atoms with E-state index in [0.717, 1.165) is 0 Å². The van der Waals surface area contributed by atoms with Gasteiger partial charge in [-0.3, -0.25) is 9.59 Å². The molecule has 0 aliphatic heterocycles. The number of benzene rings is 1. The molecule has 2 aromatic heterocycles. The topological polar surface area (TPSA) is 121 Å². The van der Waals surface area contributed by atoms with Crippen molar-refractivity contribution in [2.24, 2.45) is 0 Å². The molecule has 0 spiro atoms. The van der Waals surface area contributed by atoms with Crippen LogP contribution in [0.15, 0.2) is 36.5 Å². The summed E-state index contributed by atoms with van der Waals surface area (Å²) < 4.78 is 4.97. The fraction of sp³-hybridized carbons (Fsp3) is 0.111. The number of ketones is 1. The number of rotatable bonds is 5. The first kappa shape index (κ1) is 17.2. The molecule has 26 heavy (non-hydrogen) atoms. The lowest BCUT2D eigenvalue weighted by Crippen LogP contribution is -2.23. The van der Waals surface area contributed by atoms with E-state index in [1.807, 2.05) is 0 Å². The molecule has 8 heteroatoms. The zero-order chi connectivity index (χ0) is 18.8. The van der Waals surface area contributed by atoms with Crippen molar-refractivity contribution in [3.05, 3.63) is 53.3 Å². The fourth-order valence-corrected chi connectivity index (χ4v) is 2.65. The van der Waals surface area contributed by atoms with Crippen molar-refractivity contribution in [1.82, 2.24) is 9.97 Å². The SMILES string of the molecule is COc1cc(NC(=O)C(=O)c2c(C)[nH]c3ccc(C(=O)O)cc23)ccn1. The summed E-state index contributed by atoms with van der Waals surface area (Å²) in [6.07, 6.45) is 1.44. The predicted octanol–water partition coefficient (Wildman–Crippen LogP) is 2.40. The van der Waals surface area contributed by atoms with Crippen molar-refractivity contribution in [3.8, 4) is 5.88 Å². The number of methoxy groups -OCH3 is 1. The number of ether oxygens (including phenoxy) is 1. The molecule has 0 unspecified atom stereocenters. The van der Waals surface area contributed by atoms with E-state index in [9.17, 15) is 14.4 Å². The van der Waals surface area contributed by atoms with E-state index in [0.29, 0.717) is 28.2 Å². The number of aromatic amines is 1. The van der Waals surface area contributed by atoms with E-state index in [1.165, 1.54) is 37.6 Å². The molecule has 0 bridgehead atoms. The van der Waals surface area contributed by atoms with Crippen LogP contribution < -0.4 is 10.1 Å². The third kappa shape index (κ3) is 3.12. The number of aryl methyl sites for hydroxylation is 1. The quantitative estimate of drug-likeness (QED) is 0.478. The molecule has 0 saturated carbocycles. The van der Waals surface area contributed by atoms with Gasteiger partial charge in [-0.05, 0) is 31.2 Å². The van der Waals surface area contributed by atoms with Crippen LogP contribution in [0.4, 0.5) is 5.69 Å². The summed E-state index contributed by atoms with van der Waals surface area (Å²) in [4.78, 5) is 43.1. The number of carboxylic acid groups (broad SMARTS) is 1. The van der Waals surface area contributed by atoms with Gasteiger partial charge in [-0.25, -0.2) is 9.78 Å². The van der Waals surface area contributed by atoms with Crippen LogP contribution in [0.1, 0.15) is 26.4 Å². The summed E-state index contributed by atoms with van der Waals surface area (Å²) in [5.41, 5.74) is 1.59. The van der Waals surface area contributed by atoms with Gasteiger partial charge >= 0.3 is 5.97 Å². The maximum atomic E-state index is 12.7. The minimum absolute atomic E-state index is 0.0322. The number of carbonyl (C=O) groups is 3. The minimum atomic E-state index is -1.11. The maximum Gasteiger partial charge on any atom is 0.335 e. The van der Waals surface area contributed by atoms with E-state index in [1.54, 1.807) is 13.0 Å². The van der Waals surface area contributed by atoms with Crippen LogP contribution in [0, 0.1) is 6.92 Å². The Balaban J connectivity index is 1.95. The van der Waals surface area contributed by atoms with E-state index in [-0.39, 0.29) is 11.1 Å². The van der Waals surface area contributed by atoms with Gasteiger partial charge in [0, 0.05) is 34.5 Å². The standard InChI is InChI=1S/C18H15N3O5/c1-9-15(12-7-10(18(24)25)3-4-13(12)20-9)16(22)17(23)21-11-5-6-19-14(8-11)26-2/h3-8,20H,1-2H3,(H,24,25)(H,19,21,23). The minimum Gasteiger partial charge on any atom is -0.481 e. The number of fused-ring (bicyclic) bond motifs is 1. The summed E-state index contributed by atoms with van der Waals surface area (Å²) in [6, 6.07) is 7.37. The summed E-state index contributed by atoms with van der Waals surface area (Å²) in [5, 5.41) is 12.0. The van der Waals surface area contributed by atoms with Crippen molar-refractivity contribution < 1.29 is 24.2 Å². The Labute approximate surface area is 147 Å². The Morgan fingerprint density at radius 1 is 1.19 bits per heavy atom. The Morgan fingerprint density at radius 3 is 2.65 bits per heavy atom. The number of aromatic carboxylic acids is 1. The summed E-state index contributed by atoms with van der Waals surface area (Å²) in [7, 11) is 1.44. The maximum absolute atomic E-state index is 12.7. The monoisotopic (exact) mass is 353 g/mol. The number of nitrogens with zero attached hydrogens (tertiary/aromatic N) is 1. The molecule has 0 radical (unpaired) electrons. The van der Waals surface area contributed by atoms with Crippen LogP contribution in [0.25, 0.3) is 10.9 Å². The van der Waals surface area contributed by atoms with Gasteiger partial charge in [0.15, 0.2) is 0 Å². The number of nitrogens with one attached hydrogen (secondary N) is 2. The molecular formula is C18H15N3O5. The molecule has 2 heterocycles. The third-order valence-electron chi connectivity index (χ3n) is 3.87. The van der Waals surface area contributed by atoms with Crippen molar-refractivity contribution in [3.63, 3.8) is 0 Å². The van der Waals surface area contributed by atoms with Crippen LogP contribution in [0.2, 0.25) is 0 Å². The van der Waals surface area contributed by atoms with Crippen molar-refractivity contribution in [1.29, 1.82) is 0 Å². The van der Waals surface area contributed by atoms with Gasteiger partial charge in [0.25, 0.3) is 11.7 Å². The molecule has 0 aliphatic carbocycles. The van der Waals surface area contributed by atoms with Crippen LogP contribution >= 0.6 is 0 Å². The number of hydrogen-bond donors (Lipinski definition) is 3. The summed E-state index contributed by atoms with van der Waals surface area (Å²) in [6.45, 7) is 1.65. The van der Waals surface area contributed by atoms with Crippen LogP contribution in [-0.4, -0.2) is 39.8 Å². The molecule has 0 fully saturated rings. The van der Waals surface area contributed by atoms with Gasteiger partial charge in [-0.15, -0.1) is 0 Å². The van der Waals surface area contributed by atoms with E-state index in [2.05, 4.69) is 15.3 Å². The lowest BCUT2D eigenvalue weighted by atomic mass is 10.0.